The van der Waals surface area contributed by atoms with Crippen molar-refractivity contribution in [1.29, 1.82) is 0 Å². The molecule has 0 fully saturated rings. The van der Waals surface area contributed by atoms with E-state index < -0.39 is 29.1 Å². The summed E-state index contributed by atoms with van der Waals surface area (Å²) in [5.74, 6) is -1.17. The van der Waals surface area contributed by atoms with Crippen LogP contribution in [0.3, 0.4) is 0 Å². The third kappa shape index (κ3) is 4.49. The molecule has 0 aromatic heterocycles. The van der Waals surface area contributed by atoms with Crippen LogP contribution < -0.4 is 4.72 Å². The zero-order valence-electron chi connectivity index (χ0n) is 17.8. The molecule has 0 heterocycles. The van der Waals surface area contributed by atoms with Gasteiger partial charge in [-0.1, -0.05) is 42.5 Å². The Labute approximate surface area is 187 Å². The van der Waals surface area contributed by atoms with Crippen LogP contribution in [0.25, 0.3) is 11.1 Å². The van der Waals surface area contributed by atoms with Crippen molar-refractivity contribution in [3.63, 3.8) is 0 Å². The lowest BCUT2D eigenvalue weighted by Crippen LogP contribution is -2.31. The zero-order chi connectivity index (χ0) is 22.9. The standard InChI is InChI=1S/C25H23NO5S/c1-16-7-10-21(11-17(16)2)32(29,30)26-14-25(28)31-15-24(27)20-9-8-19-12-18-5-3-4-6-22(18)23(19)13-20/h3-11,13,26H,12,14-15H2,1-2H3. The Morgan fingerprint density at radius 2 is 1.66 bits per heavy atom. The molecule has 1 aliphatic carbocycles. The summed E-state index contributed by atoms with van der Waals surface area (Å²) in [4.78, 5) is 24.6. The van der Waals surface area contributed by atoms with Gasteiger partial charge >= 0.3 is 5.97 Å². The highest BCUT2D eigenvalue weighted by Gasteiger charge is 2.21. The third-order valence-electron chi connectivity index (χ3n) is 5.68. The molecule has 0 amide bonds. The number of hydrogen-bond acceptors (Lipinski definition) is 5. The summed E-state index contributed by atoms with van der Waals surface area (Å²) in [6, 6.07) is 18.2. The maximum absolute atomic E-state index is 12.5. The van der Waals surface area contributed by atoms with Crippen molar-refractivity contribution in [3.05, 3.63) is 88.5 Å². The third-order valence-corrected chi connectivity index (χ3v) is 7.08. The van der Waals surface area contributed by atoms with E-state index in [1.165, 1.54) is 11.6 Å². The highest BCUT2D eigenvalue weighted by molar-refractivity contribution is 7.89. The molecule has 0 radical (unpaired) electrons. The SMILES string of the molecule is Cc1ccc(S(=O)(=O)NCC(=O)OCC(=O)c2ccc3c(c2)-c2ccccc2C3)cc1C. The molecule has 164 valence electrons. The number of fused-ring (bicyclic) bond motifs is 3. The first-order valence-corrected chi connectivity index (χ1v) is 11.7. The molecule has 1 N–H and O–H groups in total. The number of nitrogens with one attached hydrogen (secondary N) is 1. The number of carbonyl (C=O) groups is 2. The lowest BCUT2D eigenvalue weighted by molar-refractivity contribution is -0.141. The maximum atomic E-state index is 12.5. The monoisotopic (exact) mass is 449 g/mol. The van der Waals surface area contributed by atoms with Crippen LogP contribution in [-0.2, 0) is 26.0 Å². The Bertz CT molecular complexity index is 1330. The molecule has 0 unspecified atom stereocenters. The van der Waals surface area contributed by atoms with E-state index in [0.717, 1.165) is 34.2 Å². The molecule has 7 heteroatoms. The highest BCUT2D eigenvalue weighted by Crippen LogP contribution is 2.36. The van der Waals surface area contributed by atoms with Crippen molar-refractivity contribution in [2.45, 2.75) is 25.2 Å². The molecule has 0 aliphatic heterocycles. The molecular formula is C25H23NO5S. The summed E-state index contributed by atoms with van der Waals surface area (Å²) in [6.45, 7) is 2.68. The molecule has 0 bridgehead atoms. The maximum Gasteiger partial charge on any atom is 0.321 e. The molecule has 0 atom stereocenters. The van der Waals surface area contributed by atoms with Crippen LogP contribution in [0.2, 0.25) is 0 Å². The van der Waals surface area contributed by atoms with E-state index >= 15 is 0 Å². The number of aryl methyl sites for hydroxylation is 2. The van der Waals surface area contributed by atoms with Crippen molar-refractivity contribution in [3.8, 4) is 11.1 Å². The number of sulfonamides is 1. The lowest BCUT2D eigenvalue weighted by atomic mass is 10.0. The van der Waals surface area contributed by atoms with E-state index in [4.69, 9.17) is 4.74 Å². The van der Waals surface area contributed by atoms with Gasteiger partial charge in [0.2, 0.25) is 10.0 Å². The molecule has 3 aromatic rings. The van der Waals surface area contributed by atoms with E-state index in [1.807, 2.05) is 44.2 Å². The first-order chi connectivity index (χ1) is 15.2. The van der Waals surface area contributed by atoms with Crippen LogP contribution in [0, 0.1) is 13.8 Å². The fourth-order valence-electron chi connectivity index (χ4n) is 3.70. The van der Waals surface area contributed by atoms with Gasteiger partial charge in [-0.25, -0.2) is 8.42 Å². The van der Waals surface area contributed by atoms with E-state index in [0.29, 0.717) is 5.56 Å². The minimum Gasteiger partial charge on any atom is -0.456 e. The van der Waals surface area contributed by atoms with Gasteiger partial charge in [0, 0.05) is 5.56 Å². The second kappa shape index (κ2) is 8.68. The Balaban J connectivity index is 1.35. The Morgan fingerprint density at radius 3 is 2.44 bits per heavy atom. The number of ketones is 1. The summed E-state index contributed by atoms with van der Waals surface area (Å²) < 4.78 is 32.0. The smallest absolute Gasteiger partial charge is 0.321 e. The van der Waals surface area contributed by atoms with Gasteiger partial charge < -0.3 is 4.74 Å². The predicted octanol–water partition coefficient (Wildman–Crippen LogP) is 3.58. The predicted molar refractivity (Wildman–Crippen MR) is 121 cm³/mol. The number of hydrogen-bond donors (Lipinski definition) is 1. The van der Waals surface area contributed by atoms with Crippen molar-refractivity contribution >= 4 is 21.8 Å². The van der Waals surface area contributed by atoms with Gasteiger partial charge in [-0.15, -0.1) is 0 Å². The molecule has 0 saturated heterocycles. The Morgan fingerprint density at radius 1 is 0.906 bits per heavy atom. The number of rotatable bonds is 7. The van der Waals surface area contributed by atoms with E-state index in [2.05, 4.69) is 10.8 Å². The lowest BCUT2D eigenvalue weighted by Gasteiger charge is -2.09. The van der Waals surface area contributed by atoms with Gasteiger partial charge in [-0.05, 0) is 71.8 Å². The minimum atomic E-state index is -3.86. The van der Waals surface area contributed by atoms with Crippen LogP contribution in [0.1, 0.15) is 32.6 Å². The molecule has 6 nitrogen and oxygen atoms in total. The van der Waals surface area contributed by atoms with Crippen molar-refractivity contribution < 1.29 is 22.7 Å². The highest BCUT2D eigenvalue weighted by atomic mass is 32.2. The van der Waals surface area contributed by atoms with Gasteiger partial charge in [0.05, 0.1) is 4.90 Å². The first kappa shape index (κ1) is 21.9. The summed E-state index contributed by atoms with van der Waals surface area (Å²) in [5, 5.41) is 0. The Hall–Kier alpha value is -3.29. The van der Waals surface area contributed by atoms with Gasteiger partial charge in [0.15, 0.2) is 12.4 Å². The molecule has 0 spiro atoms. The average Bonchev–Trinajstić information content (AvgIpc) is 3.15. The van der Waals surface area contributed by atoms with Gasteiger partial charge in [0.1, 0.15) is 6.54 Å². The number of esters is 1. The van der Waals surface area contributed by atoms with E-state index in [9.17, 15) is 18.0 Å². The minimum absolute atomic E-state index is 0.0721. The normalized spacial score (nSPS) is 12.2. The second-order valence-corrected chi connectivity index (χ2v) is 9.63. The molecule has 3 aromatic carbocycles. The summed E-state index contributed by atoms with van der Waals surface area (Å²) in [5.41, 5.74) is 6.74. The summed E-state index contributed by atoms with van der Waals surface area (Å²) >= 11 is 0. The van der Waals surface area contributed by atoms with E-state index in [-0.39, 0.29) is 10.7 Å². The van der Waals surface area contributed by atoms with Crippen molar-refractivity contribution in [1.82, 2.24) is 4.72 Å². The zero-order valence-corrected chi connectivity index (χ0v) is 18.7. The van der Waals surface area contributed by atoms with Crippen LogP contribution >= 0.6 is 0 Å². The molecule has 32 heavy (non-hydrogen) atoms. The quantitative estimate of drug-likeness (QED) is 0.344. The van der Waals surface area contributed by atoms with Crippen LogP contribution in [-0.4, -0.2) is 33.3 Å². The van der Waals surface area contributed by atoms with Gasteiger partial charge in [-0.2, -0.15) is 4.72 Å². The number of carbonyl (C=O) groups excluding carboxylic acids is 2. The Kier molecular flexibility index (Phi) is 5.95. The number of Topliss-reactive ketones (excluding diaryl/α,β-unsaturated/α-hetero) is 1. The first-order valence-electron chi connectivity index (χ1n) is 10.2. The van der Waals surface area contributed by atoms with Crippen LogP contribution in [0.15, 0.2) is 65.6 Å². The fraction of sp³-hybridized carbons (Fsp3) is 0.200. The van der Waals surface area contributed by atoms with Crippen LogP contribution in [0.5, 0.6) is 0 Å². The fourth-order valence-corrected chi connectivity index (χ4v) is 4.75. The van der Waals surface area contributed by atoms with Crippen molar-refractivity contribution in [2.75, 3.05) is 13.2 Å². The molecular weight excluding hydrogens is 426 g/mol. The van der Waals surface area contributed by atoms with Gasteiger partial charge in [-0.3, -0.25) is 9.59 Å². The molecule has 4 rings (SSSR count). The van der Waals surface area contributed by atoms with Gasteiger partial charge in [0.25, 0.3) is 0 Å². The largest absolute Gasteiger partial charge is 0.456 e. The number of benzene rings is 3. The molecule has 1 aliphatic rings. The topological polar surface area (TPSA) is 89.5 Å². The summed E-state index contributed by atoms with van der Waals surface area (Å²) in [7, 11) is -3.86. The molecule has 0 saturated carbocycles. The summed E-state index contributed by atoms with van der Waals surface area (Å²) in [6.07, 6.45) is 0.829. The second-order valence-electron chi connectivity index (χ2n) is 7.86. The number of ether oxygens (including phenoxy) is 1. The van der Waals surface area contributed by atoms with E-state index in [1.54, 1.807) is 18.2 Å². The average molecular weight is 450 g/mol. The van der Waals surface area contributed by atoms with Crippen LogP contribution in [0.4, 0.5) is 0 Å². The van der Waals surface area contributed by atoms with Crippen molar-refractivity contribution in [2.24, 2.45) is 0 Å².